The van der Waals surface area contributed by atoms with Crippen LogP contribution in [0.1, 0.15) is 18.1 Å². The summed E-state index contributed by atoms with van der Waals surface area (Å²) in [4.78, 5) is 0.305. The van der Waals surface area contributed by atoms with Crippen LogP contribution in [0.25, 0.3) is 0 Å². The Morgan fingerprint density at radius 2 is 2.09 bits per heavy atom. The molecule has 0 aliphatic heterocycles. The molecule has 0 saturated carbocycles. The number of nitrogens with zero attached hydrogens (tertiary/aromatic N) is 3. The van der Waals surface area contributed by atoms with Gasteiger partial charge in [0.25, 0.3) is 0 Å². The van der Waals surface area contributed by atoms with Crippen molar-refractivity contribution >= 4 is 10.0 Å². The first kappa shape index (κ1) is 16.5. The van der Waals surface area contributed by atoms with E-state index in [0.717, 1.165) is 5.56 Å². The highest BCUT2D eigenvalue weighted by atomic mass is 32.2. The van der Waals surface area contributed by atoms with Gasteiger partial charge < -0.3 is 4.74 Å². The van der Waals surface area contributed by atoms with E-state index in [2.05, 4.69) is 5.10 Å². The maximum Gasteiger partial charge on any atom is 0.243 e. The van der Waals surface area contributed by atoms with Gasteiger partial charge in [0, 0.05) is 31.9 Å². The zero-order valence-electron chi connectivity index (χ0n) is 13.3. The number of sulfonamides is 1. The highest BCUT2D eigenvalue weighted by Crippen LogP contribution is 2.25. The molecule has 0 unspecified atom stereocenters. The molecule has 1 aromatic heterocycles. The van der Waals surface area contributed by atoms with Crippen molar-refractivity contribution in [1.82, 2.24) is 14.1 Å². The smallest absolute Gasteiger partial charge is 0.243 e. The Morgan fingerprint density at radius 1 is 1.36 bits per heavy atom. The maximum absolute atomic E-state index is 12.9. The van der Waals surface area contributed by atoms with Gasteiger partial charge in [0.05, 0.1) is 18.2 Å². The zero-order valence-corrected chi connectivity index (χ0v) is 14.1. The SMILES string of the molecule is CCN(Cc1cnn(C)c1)S(=O)(=O)c1ccc(OC)cc1C. The van der Waals surface area contributed by atoms with E-state index in [4.69, 9.17) is 4.74 Å². The summed E-state index contributed by atoms with van der Waals surface area (Å²) in [6, 6.07) is 4.98. The van der Waals surface area contributed by atoms with Crippen LogP contribution in [0, 0.1) is 6.92 Å². The predicted octanol–water partition coefficient (Wildman–Crippen LogP) is 1.95. The highest BCUT2D eigenvalue weighted by molar-refractivity contribution is 7.89. The van der Waals surface area contributed by atoms with Crippen molar-refractivity contribution < 1.29 is 13.2 Å². The Bertz CT molecular complexity index is 753. The van der Waals surface area contributed by atoms with Crippen molar-refractivity contribution in [2.24, 2.45) is 7.05 Å². The lowest BCUT2D eigenvalue weighted by molar-refractivity contribution is 0.412. The van der Waals surface area contributed by atoms with E-state index in [0.29, 0.717) is 29.3 Å². The molecule has 1 heterocycles. The summed E-state index contributed by atoms with van der Waals surface area (Å²) < 4.78 is 33.9. The van der Waals surface area contributed by atoms with Crippen molar-refractivity contribution in [2.45, 2.75) is 25.3 Å². The number of methoxy groups -OCH3 is 1. The van der Waals surface area contributed by atoms with Crippen molar-refractivity contribution in [3.05, 3.63) is 41.7 Å². The summed E-state index contributed by atoms with van der Waals surface area (Å²) in [6.07, 6.45) is 3.50. The van der Waals surface area contributed by atoms with Crippen LogP contribution in [0.5, 0.6) is 5.75 Å². The number of aryl methyl sites for hydroxylation is 2. The normalized spacial score (nSPS) is 11.9. The van der Waals surface area contributed by atoms with Gasteiger partial charge in [-0.1, -0.05) is 6.92 Å². The van der Waals surface area contributed by atoms with Gasteiger partial charge >= 0.3 is 0 Å². The van der Waals surface area contributed by atoms with Gasteiger partial charge in [-0.3, -0.25) is 4.68 Å². The molecule has 0 saturated heterocycles. The average molecular weight is 323 g/mol. The van der Waals surface area contributed by atoms with Gasteiger partial charge in [-0.15, -0.1) is 0 Å². The minimum Gasteiger partial charge on any atom is -0.497 e. The van der Waals surface area contributed by atoms with Gasteiger partial charge in [0.1, 0.15) is 5.75 Å². The number of hydrogen-bond donors (Lipinski definition) is 0. The Morgan fingerprint density at radius 3 is 2.59 bits per heavy atom. The monoisotopic (exact) mass is 323 g/mol. The molecular formula is C15H21N3O3S. The van der Waals surface area contributed by atoms with Gasteiger partial charge in [-0.2, -0.15) is 9.40 Å². The van der Waals surface area contributed by atoms with E-state index in [-0.39, 0.29) is 0 Å². The molecule has 6 nitrogen and oxygen atoms in total. The van der Waals surface area contributed by atoms with Crippen molar-refractivity contribution in [2.75, 3.05) is 13.7 Å². The Hall–Kier alpha value is -1.86. The zero-order chi connectivity index (χ0) is 16.3. The first-order valence-corrected chi connectivity index (χ1v) is 8.44. The fraction of sp³-hybridized carbons (Fsp3) is 0.400. The Balaban J connectivity index is 2.34. The lowest BCUT2D eigenvalue weighted by atomic mass is 10.2. The molecule has 7 heteroatoms. The third-order valence-electron chi connectivity index (χ3n) is 3.47. The van der Waals surface area contributed by atoms with E-state index >= 15 is 0 Å². The molecule has 120 valence electrons. The lowest BCUT2D eigenvalue weighted by Gasteiger charge is -2.21. The van der Waals surface area contributed by atoms with Gasteiger partial charge in [-0.05, 0) is 30.7 Å². The standard InChI is InChI=1S/C15H21N3O3S/c1-5-18(11-13-9-16-17(3)10-13)22(19,20)15-7-6-14(21-4)8-12(15)2/h6-10H,5,11H2,1-4H3. The van der Waals surface area contributed by atoms with E-state index < -0.39 is 10.0 Å². The summed E-state index contributed by atoms with van der Waals surface area (Å²) in [7, 11) is -0.188. The van der Waals surface area contributed by atoms with Gasteiger partial charge in [0.15, 0.2) is 0 Å². The molecule has 22 heavy (non-hydrogen) atoms. The maximum atomic E-state index is 12.9. The topological polar surface area (TPSA) is 64.4 Å². The van der Waals surface area contributed by atoms with E-state index in [1.165, 1.54) is 4.31 Å². The van der Waals surface area contributed by atoms with Crippen LogP contribution in [-0.4, -0.2) is 36.2 Å². The average Bonchev–Trinajstić information content (AvgIpc) is 2.89. The van der Waals surface area contributed by atoms with Crippen LogP contribution in [-0.2, 0) is 23.6 Å². The fourth-order valence-corrected chi connectivity index (χ4v) is 3.94. The molecule has 2 aromatic rings. The molecule has 0 spiro atoms. The summed E-state index contributed by atoms with van der Waals surface area (Å²) in [5.41, 5.74) is 1.53. The minimum absolute atomic E-state index is 0.304. The van der Waals surface area contributed by atoms with Crippen LogP contribution in [0.3, 0.4) is 0 Å². The molecule has 0 aliphatic rings. The largest absolute Gasteiger partial charge is 0.497 e. The van der Waals surface area contributed by atoms with Crippen molar-refractivity contribution in [3.8, 4) is 5.75 Å². The molecule has 1 aromatic carbocycles. The molecule has 0 N–H and O–H groups in total. The summed E-state index contributed by atoms with van der Waals surface area (Å²) in [6.45, 7) is 4.29. The third-order valence-corrected chi connectivity index (χ3v) is 5.55. The Kier molecular flexibility index (Phi) is 4.87. The minimum atomic E-state index is -3.55. The van der Waals surface area contributed by atoms with Gasteiger partial charge in [0.2, 0.25) is 10.0 Å². The van der Waals surface area contributed by atoms with Crippen LogP contribution in [0.15, 0.2) is 35.5 Å². The second kappa shape index (κ2) is 6.50. The van der Waals surface area contributed by atoms with E-state index in [9.17, 15) is 8.42 Å². The summed E-state index contributed by atoms with van der Waals surface area (Å²) in [5.74, 6) is 0.645. The molecule has 0 bridgehead atoms. The molecule has 0 aliphatic carbocycles. The Labute approximate surface area is 131 Å². The van der Waals surface area contributed by atoms with E-state index in [1.54, 1.807) is 43.1 Å². The summed E-state index contributed by atoms with van der Waals surface area (Å²) >= 11 is 0. The van der Waals surface area contributed by atoms with Crippen LogP contribution in [0.2, 0.25) is 0 Å². The number of hydrogen-bond acceptors (Lipinski definition) is 4. The predicted molar refractivity (Wildman–Crippen MR) is 84.2 cm³/mol. The van der Waals surface area contributed by atoms with Gasteiger partial charge in [-0.25, -0.2) is 8.42 Å². The van der Waals surface area contributed by atoms with Crippen molar-refractivity contribution in [3.63, 3.8) is 0 Å². The number of ether oxygens (including phenoxy) is 1. The molecule has 0 radical (unpaired) electrons. The number of rotatable bonds is 6. The molecule has 2 rings (SSSR count). The first-order chi connectivity index (χ1) is 10.4. The summed E-state index contributed by atoms with van der Waals surface area (Å²) in [5, 5.41) is 4.08. The molecular weight excluding hydrogens is 302 g/mol. The lowest BCUT2D eigenvalue weighted by Crippen LogP contribution is -2.30. The first-order valence-electron chi connectivity index (χ1n) is 7.00. The quantitative estimate of drug-likeness (QED) is 0.815. The van der Waals surface area contributed by atoms with Crippen molar-refractivity contribution in [1.29, 1.82) is 0 Å². The van der Waals surface area contributed by atoms with Crippen LogP contribution in [0.4, 0.5) is 0 Å². The molecule has 0 atom stereocenters. The number of aromatic nitrogens is 2. The second-order valence-corrected chi connectivity index (χ2v) is 6.99. The number of benzene rings is 1. The molecule has 0 amide bonds. The second-order valence-electron chi connectivity index (χ2n) is 5.08. The van der Waals surface area contributed by atoms with Crippen LogP contribution >= 0.6 is 0 Å². The van der Waals surface area contributed by atoms with Crippen LogP contribution < -0.4 is 4.74 Å². The third kappa shape index (κ3) is 3.31. The molecule has 0 fully saturated rings. The highest BCUT2D eigenvalue weighted by Gasteiger charge is 2.25. The fourth-order valence-electron chi connectivity index (χ4n) is 2.30. The van der Waals surface area contributed by atoms with E-state index in [1.807, 2.05) is 20.2 Å².